The highest BCUT2D eigenvalue weighted by Gasteiger charge is 2.29. The zero-order valence-corrected chi connectivity index (χ0v) is 22.1. The van der Waals surface area contributed by atoms with Gasteiger partial charge < -0.3 is 14.5 Å². The fourth-order valence-corrected chi connectivity index (χ4v) is 6.44. The summed E-state index contributed by atoms with van der Waals surface area (Å²) in [5.74, 6) is 1.68. The van der Waals surface area contributed by atoms with Crippen molar-refractivity contribution in [3.8, 4) is 11.4 Å². The van der Waals surface area contributed by atoms with Crippen molar-refractivity contribution >= 4 is 17.3 Å². The molecular formula is C30H34FN7O. The number of rotatable bonds is 5. The van der Waals surface area contributed by atoms with Gasteiger partial charge in [0.05, 0.1) is 31.1 Å². The van der Waals surface area contributed by atoms with Crippen molar-refractivity contribution in [2.24, 2.45) is 0 Å². The monoisotopic (exact) mass is 527 g/mol. The molecule has 4 aromatic rings. The van der Waals surface area contributed by atoms with Gasteiger partial charge in [-0.2, -0.15) is 0 Å². The Bertz CT molecular complexity index is 1440. The van der Waals surface area contributed by atoms with Gasteiger partial charge in [-0.05, 0) is 67.6 Å². The average molecular weight is 528 g/mol. The quantitative estimate of drug-likeness (QED) is 0.377. The fourth-order valence-electron chi connectivity index (χ4n) is 6.44. The number of fused-ring (bicyclic) bond motifs is 1. The van der Waals surface area contributed by atoms with Crippen molar-refractivity contribution in [3.05, 3.63) is 72.2 Å². The summed E-state index contributed by atoms with van der Waals surface area (Å²) in [6.07, 6.45) is 6.18. The van der Waals surface area contributed by atoms with Gasteiger partial charge >= 0.3 is 0 Å². The first kappa shape index (κ1) is 24.5. The number of imidazole rings is 1. The van der Waals surface area contributed by atoms with Crippen molar-refractivity contribution < 1.29 is 9.13 Å². The predicted molar refractivity (Wildman–Crippen MR) is 150 cm³/mol. The Labute approximate surface area is 228 Å². The van der Waals surface area contributed by atoms with Crippen LogP contribution in [-0.2, 0) is 4.74 Å². The van der Waals surface area contributed by atoms with Crippen LogP contribution >= 0.6 is 0 Å². The van der Waals surface area contributed by atoms with Crippen LogP contribution in [0.1, 0.15) is 37.3 Å². The van der Waals surface area contributed by atoms with Gasteiger partial charge in [-0.3, -0.25) is 4.90 Å². The minimum Gasteiger partial charge on any atom is -0.379 e. The van der Waals surface area contributed by atoms with Crippen LogP contribution in [0.5, 0.6) is 0 Å². The molecule has 3 aliphatic rings. The van der Waals surface area contributed by atoms with Crippen molar-refractivity contribution in [1.29, 1.82) is 0 Å². The van der Waals surface area contributed by atoms with Crippen LogP contribution in [-0.4, -0.2) is 76.5 Å². The van der Waals surface area contributed by atoms with Gasteiger partial charge in [-0.15, -0.1) is 5.10 Å². The zero-order valence-electron chi connectivity index (χ0n) is 22.1. The summed E-state index contributed by atoms with van der Waals surface area (Å²) in [6, 6.07) is 17.9. The van der Waals surface area contributed by atoms with Crippen molar-refractivity contribution in [2.45, 2.75) is 37.8 Å². The SMILES string of the molecule is Fc1cccc(C2CCCN2c2ccc3ncc(-c4cccc(N5CCC(N6CCOCC6)CC5)n4)n3n2)c1. The van der Waals surface area contributed by atoms with Crippen LogP contribution < -0.4 is 9.80 Å². The molecule has 7 rings (SSSR count). The third kappa shape index (κ3) is 4.85. The summed E-state index contributed by atoms with van der Waals surface area (Å²) in [5, 5.41) is 5.01. The van der Waals surface area contributed by atoms with Crippen LogP contribution in [0.15, 0.2) is 60.8 Å². The van der Waals surface area contributed by atoms with Crippen molar-refractivity contribution in [2.75, 3.05) is 55.7 Å². The minimum absolute atomic E-state index is 0.111. The molecule has 0 aliphatic carbocycles. The van der Waals surface area contributed by atoms with E-state index in [4.69, 9.17) is 14.8 Å². The molecule has 202 valence electrons. The molecule has 3 saturated heterocycles. The minimum atomic E-state index is -0.198. The van der Waals surface area contributed by atoms with Crippen molar-refractivity contribution in [1.82, 2.24) is 24.5 Å². The third-order valence-electron chi connectivity index (χ3n) is 8.48. The number of hydrogen-bond acceptors (Lipinski definition) is 7. The lowest BCUT2D eigenvalue weighted by Gasteiger charge is -2.40. The summed E-state index contributed by atoms with van der Waals surface area (Å²) in [4.78, 5) is 16.9. The van der Waals surface area contributed by atoms with E-state index in [1.54, 1.807) is 12.1 Å². The summed E-state index contributed by atoms with van der Waals surface area (Å²) in [7, 11) is 0. The molecule has 1 atom stereocenters. The van der Waals surface area contributed by atoms with E-state index >= 15 is 0 Å². The van der Waals surface area contributed by atoms with E-state index in [1.807, 2.05) is 35.0 Å². The van der Waals surface area contributed by atoms with Crippen LogP contribution in [0.2, 0.25) is 0 Å². The van der Waals surface area contributed by atoms with E-state index < -0.39 is 0 Å². The van der Waals surface area contributed by atoms with E-state index in [0.717, 1.165) is 106 Å². The molecule has 0 N–H and O–H groups in total. The fraction of sp³-hybridized carbons (Fsp3) is 0.433. The molecule has 0 amide bonds. The number of nitrogens with zero attached hydrogens (tertiary/aromatic N) is 7. The Balaban J connectivity index is 1.13. The van der Waals surface area contributed by atoms with Crippen molar-refractivity contribution in [3.63, 3.8) is 0 Å². The maximum Gasteiger partial charge on any atom is 0.154 e. The highest BCUT2D eigenvalue weighted by atomic mass is 19.1. The molecule has 9 heteroatoms. The van der Waals surface area contributed by atoms with E-state index in [9.17, 15) is 4.39 Å². The number of ether oxygens (including phenoxy) is 1. The molecule has 3 fully saturated rings. The van der Waals surface area contributed by atoms with E-state index in [-0.39, 0.29) is 11.9 Å². The van der Waals surface area contributed by atoms with Gasteiger partial charge in [0, 0.05) is 38.8 Å². The number of aromatic nitrogens is 4. The lowest BCUT2D eigenvalue weighted by atomic mass is 10.0. The number of halogens is 1. The van der Waals surface area contributed by atoms with Crippen LogP contribution in [0.4, 0.5) is 16.0 Å². The Morgan fingerprint density at radius 3 is 2.54 bits per heavy atom. The van der Waals surface area contributed by atoms with Gasteiger partial charge in [0.25, 0.3) is 0 Å². The summed E-state index contributed by atoms with van der Waals surface area (Å²) < 4.78 is 21.4. The van der Waals surface area contributed by atoms with Gasteiger partial charge in [-0.1, -0.05) is 18.2 Å². The molecule has 3 aromatic heterocycles. The highest BCUT2D eigenvalue weighted by Crippen LogP contribution is 2.36. The molecule has 0 saturated carbocycles. The molecule has 0 bridgehead atoms. The first-order valence-corrected chi connectivity index (χ1v) is 14.1. The molecule has 1 unspecified atom stereocenters. The zero-order chi connectivity index (χ0) is 26.2. The lowest BCUT2D eigenvalue weighted by molar-refractivity contribution is 0.0115. The first-order chi connectivity index (χ1) is 19.2. The second-order valence-corrected chi connectivity index (χ2v) is 10.8. The lowest BCUT2D eigenvalue weighted by Crippen LogP contribution is -2.49. The summed E-state index contributed by atoms with van der Waals surface area (Å²) in [6.45, 7) is 6.68. The van der Waals surface area contributed by atoms with E-state index in [1.165, 1.54) is 6.07 Å². The average Bonchev–Trinajstić information content (AvgIpc) is 3.65. The molecule has 0 radical (unpaired) electrons. The maximum absolute atomic E-state index is 14.0. The molecule has 6 heterocycles. The highest BCUT2D eigenvalue weighted by molar-refractivity contribution is 5.62. The Kier molecular flexibility index (Phi) is 6.62. The van der Waals surface area contributed by atoms with Gasteiger partial charge in [-0.25, -0.2) is 18.9 Å². The van der Waals surface area contributed by atoms with Gasteiger partial charge in [0.2, 0.25) is 0 Å². The first-order valence-electron chi connectivity index (χ1n) is 14.1. The Morgan fingerprint density at radius 2 is 1.69 bits per heavy atom. The summed E-state index contributed by atoms with van der Waals surface area (Å²) >= 11 is 0. The number of pyridine rings is 1. The third-order valence-corrected chi connectivity index (χ3v) is 8.48. The molecule has 39 heavy (non-hydrogen) atoms. The van der Waals surface area contributed by atoms with E-state index in [2.05, 4.69) is 31.8 Å². The summed E-state index contributed by atoms with van der Waals surface area (Å²) in [5.41, 5.74) is 3.52. The molecule has 8 nitrogen and oxygen atoms in total. The largest absolute Gasteiger partial charge is 0.379 e. The van der Waals surface area contributed by atoms with Gasteiger partial charge in [0.1, 0.15) is 23.1 Å². The molecule has 1 aromatic carbocycles. The number of anilines is 2. The van der Waals surface area contributed by atoms with Crippen LogP contribution in [0.3, 0.4) is 0 Å². The second-order valence-electron chi connectivity index (χ2n) is 10.8. The standard InChI is InChI=1S/C30H34FN7O/c31-23-5-1-4-22(20-23)26-7-3-13-37(26)30-10-9-28-32-21-27(38(28)34-30)25-6-2-8-29(33-25)36-14-11-24(12-15-36)35-16-18-39-19-17-35/h1-2,4-6,8-10,20-21,24,26H,3,7,11-19H2. The molecule has 3 aliphatic heterocycles. The number of piperidine rings is 1. The van der Waals surface area contributed by atoms with E-state index in [0.29, 0.717) is 6.04 Å². The topological polar surface area (TPSA) is 62.0 Å². The predicted octanol–water partition coefficient (Wildman–Crippen LogP) is 4.57. The smallest absolute Gasteiger partial charge is 0.154 e. The normalized spacial score (nSPS) is 21.2. The maximum atomic E-state index is 14.0. The van der Waals surface area contributed by atoms with Crippen LogP contribution in [0, 0.1) is 5.82 Å². The van der Waals surface area contributed by atoms with Gasteiger partial charge in [0.15, 0.2) is 5.65 Å². The molecule has 0 spiro atoms. The number of morpholine rings is 1. The van der Waals surface area contributed by atoms with Crippen LogP contribution in [0.25, 0.3) is 17.0 Å². The Morgan fingerprint density at radius 1 is 0.846 bits per heavy atom. The molecular weight excluding hydrogens is 493 g/mol. The second kappa shape index (κ2) is 10.5. The number of benzene rings is 1. The Hall–Kier alpha value is -3.56. The number of hydrogen-bond donors (Lipinski definition) is 0.